The van der Waals surface area contributed by atoms with Crippen molar-refractivity contribution >= 4 is 17.3 Å². The number of carbonyl (C=O) groups is 1. The summed E-state index contributed by atoms with van der Waals surface area (Å²) in [6, 6.07) is 21.2. The maximum absolute atomic E-state index is 12.2. The second-order valence-electron chi connectivity index (χ2n) is 5.24. The van der Waals surface area contributed by atoms with E-state index in [1.54, 1.807) is 18.5 Å². The first kappa shape index (κ1) is 13.5. The Morgan fingerprint density at radius 2 is 1.35 bits per heavy atom. The van der Waals surface area contributed by atoms with Gasteiger partial charge in [-0.25, -0.2) is 4.79 Å². The van der Waals surface area contributed by atoms with Gasteiger partial charge in [-0.3, -0.25) is 4.98 Å². The molecule has 4 rings (SSSR count). The normalized spacial score (nSPS) is 15.0. The Kier molecular flexibility index (Phi) is 3.24. The lowest BCUT2D eigenvalue weighted by molar-refractivity contribution is 0.0716. The van der Waals surface area contributed by atoms with Crippen LogP contribution in [0.4, 0.5) is 0 Å². The van der Waals surface area contributed by atoms with Crippen molar-refractivity contribution in [1.29, 1.82) is 0 Å². The number of benzene rings is 2. The third-order valence-corrected chi connectivity index (χ3v) is 3.84. The van der Waals surface area contributed by atoms with Crippen LogP contribution in [-0.2, 0) is 4.74 Å². The molecule has 0 spiro atoms. The molecular formula is C20H13NO2. The van der Waals surface area contributed by atoms with Gasteiger partial charge in [0.25, 0.3) is 0 Å². The summed E-state index contributed by atoms with van der Waals surface area (Å²) in [4.78, 5) is 16.3. The lowest BCUT2D eigenvalue weighted by Crippen LogP contribution is -1.96. The fourth-order valence-corrected chi connectivity index (χ4v) is 2.80. The molecule has 23 heavy (non-hydrogen) atoms. The van der Waals surface area contributed by atoms with E-state index in [2.05, 4.69) is 4.98 Å². The molecule has 3 nitrogen and oxygen atoms in total. The predicted molar refractivity (Wildman–Crippen MR) is 88.5 cm³/mol. The average Bonchev–Trinajstić information content (AvgIpc) is 2.94. The summed E-state index contributed by atoms with van der Waals surface area (Å²) >= 11 is 0. The van der Waals surface area contributed by atoms with Crippen LogP contribution in [-0.4, -0.2) is 11.0 Å². The van der Waals surface area contributed by atoms with Gasteiger partial charge < -0.3 is 4.74 Å². The van der Waals surface area contributed by atoms with Gasteiger partial charge in [-0.15, -0.1) is 0 Å². The number of nitrogens with zero attached hydrogens (tertiary/aromatic N) is 1. The minimum atomic E-state index is -0.307. The Hall–Kier alpha value is -3.20. The molecule has 110 valence electrons. The SMILES string of the molecule is O=C1O/C(=C(/c2ccccc2)c2ccncc2)c2ccccc21. The zero-order chi connectivity index (χ0) is 15.6. The van der Waals surface area contributed by atoms with Gasteiger partial charge in [0.15, 0.2) is 0 Å². The minimum Gasteiger partial charge on any atom is -0.422 e. The predicted octanol–water partition coefficient (Wildman–Crippen LogP) is 4.17. The number of ether oxygens (including phenoxy) is 1. The monoisotopic (exact) mass is 299 g/mol. The summed E-state index contributed by atoms with van der Waals surface area (Å²) in [5.41, 5.74) is 4.29. The summed E-state index contributed by atoms with van der Waals surface area (Å²) < 4.78 is 5.62. The number of pyridine rings is 1. The topological polar surface area (TPSA) is 39.2 Å². The van der Waals surface area contributed by atoms with Crippen LogP contribution in [0.3, 0.4) is 0 Å². The highest BCUT2D eigenvalue weighted by atomic mass is 16.5. The van der Waals surface area contributed by atoms with Crippen LogP contribution in [0.1, 0.15) is 27.0 Å². The van der Waals surface area contributed by atoms with E-state index in [-0.39, 0.29) is 5.97 Å². The minimum absolute atomic E-state index is 0.307. The number of aromatic nitrogens is 1. The Morgan fingerprint density at radius 3 is 2.09 bits per heavy atom. The smallest absolute Gasteiger partial charge is 0.344 e. The second kappa shape index (κ2) is 5.54. The van der Waals surface area contributed by atoms with Crippen molar-refractivity contribution in [3.63, 3.8) is 0 Å². The first-order valence-corrected chi connectivity index (χ1v) is 7.36. The van der Waals surface area contributed by atoms with Gasteiger partial charge in [0, 0.05) is 23.5 Å². The molecule has 3 aromatic rings. The molecule has 0 unspecified atom stereocenters. The van der Waals surface area contributed by atoms with Crippen LogP contribution in [0.25, 0.3) is 11.3 Å². The van der Waals surface area contributed by atoms with E-state index in [1.807, 2.05) is 60.7 Å². The van der Waals surface area contributed by atoms with E-state index in [0.717, 1.165) is 22.3 Å². The maximum atomic E-state index is 12.2. The van der Waals surface area contributed by atoms with Crippen LogP contribution in [0, 0.1) is 0 Å². The molecule has 1 aliphatic heterocycles. The van der Waals surface area contributed by atoms with Crippen molar-refractivity contribution in [2.75, 3.05) is 0 Å². The number of hydrogen-bond acceptors (Lipinski definition) is 3. The second-order valence-corrected chi connectivity index (χ2v) is 5.24. The van der Waals surface area contributed by atoms with E-state index < -0.39 is 0 Å². The highest BCUT2D eigenvalue weighted by molar-refractivity contribution is 6.10. The fraction of sp³-hybridized carbons (Fsp3) is 0. The molecule has 0 N–H and O–H groups in total. The molecule has 0 aliphatic carbocycles. The average molecular weight is 299 g/mol. The first-order valence-electron chi connectivity index (χ1n) is 7.36. The molecule has 2 heterocycles. The van der Waals surface area contributed by atoms with Crippen molar-refractivity contribution in [2.45, 2.75) is 0 Å². The summed E-state index contributed by atoms with van der Waals surface area (Å²) in [6.07, 6.45) is 3.48. The zero-order valence-corrected chi connectivity index (χ0v) is 12.3. The van der Waals surface area contributed by atoms with Crippen LogP contribution in [0.15, 0.2) is 79.1 Å². The molecule has 0 saturated heterocycles. The first-order chi connectivity index (χ1) is 11.3. The molecule has 0 atom stereocenters. The molecule has 0 amide bonds. The van der Waals surface area contributed by atoms with Crippen LogP contribution < -0.4 is 0 Å². The van der Waals surface area contributed by atoms with Crippen molar-refractivity contribution in [3.05, 3.63) is 101 Å². The quantitative estimate of drug-likeness (QED) is 0.667. The third kappa shape index (κ3) is 2.32. The third-order valence-electron chi connectivity index (χ3n) is 3.84. The molecule has 1 aliphatic rings. The zero-order valence-electron chi connectivity index (χ0n) is 12.3. The summed E-state index contributed by atoms with van der Waals surface area (Å²) in [5, 5.41) is 0. The Bertz CT molecular complexity index is 858. The molecular weight excluding hydrogens is 286 g/mol. The fourth-order valence-electron chi connectivity index (χ4n) is 2.80. The highest BCUT2D eigenvalue weighted by Gasteiger charge is 2.29. The van der Waals surface area contributed by atoms with Gasteiger partial charge in [-0.05, 0) is 29.3 Å². The Balaban J connectivity index is 2.02. The van der Waals surface area contributed by atoms with Gasteiger partial charge in [0.1, 0.15) is 5.76 Å². The van der Waals surface area contributed by atoms with Crippen molar-refractivity contribution in [3.8, 4) is 0 Å². The van der Waals surface area contributed by atoms with Crippen molar-refractivity contribution < 1.29 is 9.53 Å². The van der Waals surface area contributed by atoms with Gasteiger partial charge in [-0.2, -0.15) is 0 Å². The maximum Gasteiger partial charge on any atom is 0.344 e. The standard InChI is InChI=1S/C20H13NO2/c22-20-17-9-5-4-8-16(17)19(23-20)18(14-6-2-1-3-7-14)15-10-12-21-13-11-15/h1-13H/b19-18-. The molecule has 0 bridgehead atoms. The van der Waals surface area contributed by atoms with Crippen molar-refractivity contribution in [1.82, 2.24) is 4.98 Å². The Labute approximate surface area is 133 Å². The van der Waals surface area contributed by atoms with Crippen LogP contribution in [0.2, 0.25) is 0 Å². The summed E-state index contributed by atoms with van der Waals surface area (Å²) in [6.45, 7) is 0. The largest absolute Gasteiger partial charge is 0.422 e. The van der Waals surface area contributed by atoms with Crippen LogP contribution >= 0.6 is 0 Å². The molecule has 0 fully saturated rings. The lowest BCUT2D eigenvalue weighted by atomic mass is 9.94. The lowest BCUT2D eigenvalue weighted by Gasteiger charge is -2.12. The van der Waals surface area contributed by atoms with Crippen LogP contribution in [0.5, 0.6) is 0 Å². The summed E-state index contributed by atoms with van der Waals surface area (Å²) in [5.74, 6) is 0.293. The molecule has 3 heteroatoms. The number of fused-ring (bicyclic) bond motifs is 1. The highest BCUT2D eigenvalue weighted by Crippen LogP contribution is 2.38. The van der Waals surface area contributed by atoms with Gasteiger partial charge in [-0.1, -0.05) is 48.5 Å². The Morgan fingerprint density at radius 1 is 0.739 bits per heavy atom. The van der Waals surface area contributed by atoms with E-state index in [4.69, 9.17) is 4.74 Å². The van der Waals surface area contributed by atoms with E-state index in [0.29, 0.717) is 11.3 Å². The number of hydrogen-bond donors (Lipinski definition) is 0. The molecule has 1 aromatic heterocycles. The van der Waals surface area contributed by atoms with E-state index in [1.165, 1.54) is 0 Å². The number of carbonyl (C=O) groups excluding carboxylic acids is 1. The van der Waals surface area contributed by atoms with Gasteiger partial charge >= 0.3 is 5.97 Å². The van der Waals surface area contributed by atoms with E-state index in [9.17, 15) is 4.79 Å². The van der Waals surface area contributed by atoms with Crippen molar-refractivity contribution in [2.24, 2.45) is 0 Å². The molecule has 0 radical (unpaired) electrons. The van der Waals surface area contributed by atoms with E-state index >= 15 is 0 Å². The number of cyclic esters (lactones) is 1. The van der Waals surface area contributed by atoms with Gasteiger partial charge in [0.2, 0.25) is 0 Å². The number of rotatable bonds is 2. The molecule has 0 saturated carbocycles. The molecule has 2 aromatic carbocycles. The summed E-state index contributed by atoms with van der Waals surface area (Å²) in [7, 11) is 0. The number of esters is 1. The van der Waals surface area contributed by atoms with Gasteiger partial charge in [0.05, 0.1) is 5.56 Å².